The lowest BCUT2D eigenvalue weighted by atomic mass is 10.1. The Hall–Kier alpha value is -1.19. The molecule has 1 atom stereocenters. The van der Waals surface area contributed by atoms with Crippen molar-refractivity contribution in [3.63, 3.8) is 0 Å². The minimum atomic E-state index is 0. The summed E-state index contributed by atoms with van der Waals surface area (Å²) in [5, 5.41) is 7.90. The number of rotatable bonds is 6. The Morgan fingerprint density at radius 3 is 2.40 bits per heavy atom. The van der Waals surface area contributed by atoms with E-state index in [0.29, 0.717) is 0 Å². The average Bonchev–Trinajstić information content (AvgIpc) is 2.89. The number of nitrogens with one attached hydrogen (secondary N) is 2. The Kier molecular flexibility index (Phi) is 9.37. The predicted molar refractivity (Wildman–Crippen MR) is 118 cm³/mol. The van der Waals surface area contributed by atoms with Crippen LogP contribution in [0.2, 0.25) is 0 Å². The molecule has 0 saturated heterocycles. The van der Waals surface area contributed by atoms with Crippen LogP contribution in [0.3, 0.4) is 0 Å². The van der Waals surface area contributed by atoms with E-state index in [1.165, 1.54) is 10.4 Å². The van der Waals surface area contributed by atoms with E-state index in [9.17, 15) is 0 Å². The maximum Gasteiger partial charge on any atom is 0.191 e. The van der Waals surface area contributed by atoms with Crippen LogP contribution in [-0.4, -0.2) is 43.5 Å². The predicted octanol–water partition coefficient (Wildman–Crippen LogP) is 3.35. The molecule has 138 valence electrons. The molecule has 5 nitrogen and oxygen atoms in total. The molecule has 2 aromatic rings. The Morgan fingerprint density at radius 1 is 1.20 bits per heavy atom. The molecule has 0 amide bonds. The Bertz CT molecular complexity index is 669. The molecule has 2 rings (SSSR count). The first kappa shape index (κ1) is 21.9. The van der Waals surface area contributed by atoms with Gasteiger partial charge in [-0.3, -0.25) is 4.99 Å². The quantitative estimate of drug-likeness (QED) is 0.384. The summed E-state index contributed by atoms with van der Waals surface area (Å²) in [6.45, 7) is 5.62. The van der Waals surface area contributed by atoms with Crippen molar-refractivity contribution in [2.24, 2.45) is 4.99 Å². The highest BCUT2D eigenvalue weighted by Gasteiger charge is 2.14. The molecule has 0 aliphatic carbocycles. The van der Waals surface area contributed by atoms with Gasteiger partial charge in [0, 0.05) is 18.5 Å². The lowest BCUT2D eigenvalue weighted by Crippen LogP contribution is -2.41. The molecule has 0 radical (unpaired) electrons. The second-order valence-corrected chi connectivity index (χ2v) is 7.23. The maximum atomic E-state index is 4.46. The number of nitrogens with zero attached hydrogens (tertiary/aromatic N) is 3. The third-order valence-corrected chi connectivity index (χ3v) is 4.98. The van der Waals surface area contributed by atoms with Gasteiger partial charge in [-0.1, -0.05) is 30.3 Å². The number of halogens is 1. The molecule has 0 aliphatic rings. The van der Waals surface area contributed by atoms with Gasteiger partial charge in [0.25, 0.3) is 0 Å². The van der Waals surface area contributed by atoms with Crippen LogP contribution in [0.4, 0.5) is 0 Å². The van der Waals surface area contributed by atoms with E-state index in [4.69, 9.17) is 0 Å². The lowest BCUT2D eigenvalue weighted by molar-refractivity contribution is 0.298. The van der Waals surface area contributed by atoms with E-state index in [1.54, 1.807) is 18.4 Å². The summed E-state index contributed by atoms with van der Waals surface area (Å²) in [5.74, 6) is 0.809. The number of aromatic nitrogens is 1. The fourth-order valence-electron chi connectivity index (χ4n) is 2.59. The molecule has 1 aromatic heterocycles. The van der Waals surface area contributed by atoms with Crippen molar-refractivity contribution >= 4 is 41.3 Å². The van der Waals surface area contributed by atoms with E-state index in [2.05, 4.69) is 63.9 Å². The molecule has 1 aromatic carbocycles. The molecule has 0 saturated carbocycles. The van der Waals surface area contributed by atoms with Gasteiger partial charge in [0.1, 0.15) is 0 Å². The number of thiazole rings is 1. The first-order valence-corrected chi connectivity index (χ1v) is 8.91. The topological polar surface area (TPSA) is 52.6 Å². The molecule has 7 heteroatoms. The van der Waals surface area contributed by atoms with E-state index < -0.39 is 0 Å². The lowest BCUT2D eigenvalue weighted by Gasteiger charge is -2.26. The van der Waals surface area contributed by atoms with Gasteiger partial charge in [-0.2, -0.15) is 0 Å². The first-order valence-electron chi connectivity index (χ1n) is 8.10. The van der Waals surface area contributed by atoms with Crippen LogP contribution in [0.5, 0.6) is 0 Å². The van der Waals surface area contributed by atoms with Crippen LogP contribution in [0.15, 0.2) is 35.3 Å². The number of benzene rings is 1. The Morgan fingerprint density at radius 2 is 1.88 bits per heavy atom. The van der Waals surface area contributed by atoms with E-state index in [-0.39, 0.29) is 30.0 Å². The summed E-state index contributed by atoms with van der Waals surface area (Å²) in [7, 11) is 5.99. The summed E-state index contributed by atoms with van der Waals surface area (Å²) < 4.78 is 0. The highest BCUT2D eigenvalue weighted by Crippen LogP contribution is 2.17. The average molecular weight is 473 g/mol. The zero-order valence-electron chi connectivity index (χ0n) is 15.5. The second kappa shape index (κ2) is 10.7. The van der Waals surface area contributed by atoms with Crippen molar-refractivity contribution in [2.75, 3.05) is 27.7 Å². The van der Waals surface area contributed by atoms with Crippen molar-refractivity contribution in [1.82, 2.24) is 20.5 Å². The molecule has 25 heavy (non-hydrogen) atoms. The van der Waals surface area contributed by atoms with Gasteiger partial charge in [-0.05, 0) is 33.5 Å². The van der Waals surface area contributed by atoms with Crippen molar-refractivity contribution in [2.45, 2.75) is 26.4 Å². The van der Waals surface area contributed by atoms with Crippen LogP contribution in [-0.2, 0) is 6.54 Å². The molecule has 2 N–H and O–H groups in total. The van der Waals surface area contributed by atoms with Crippen LogP contribution >= 0.6 is 35.3 Å². The van der Waals surface area contributed by atoms with E-state index in [1.807, 2.05) is 19.9 Å². The van der Waals surface area contributed by atoms with Gasteiger partial charge in [0.2, 0.25) is 0 Å². The largest absolute Gasteiger partial charge is 0.354 e. The van der Waals surface area contributed by atoms with E-state index in [0.717, 1.165) is 29.8 Å². The zero-order valence-corrected chi connectivity index (χ0v) is 18.7. The summed E-state index contributed by atoms with van der Waals surface area (Å²) >= 11 is 1.73. The normalized spacial score (nSPS) is 12.6. The molecule has 0 fully saturated rings. The number of aliphatic imine (C=N–C) groups is 1. The molecule has 0 spiro atoms. The monoisotopic (exact) mass is 473 g/mol. The van der Waals surface area contributed by atoms with Crippen molar-refractivity contribution < 1.29 is 0 Å². The summed E-state index contributed by atoms with van der Waals surface area (Å²) in [6.07, 6.45) is 0. The number of guanidine groups is 1. The zero-order chi connectivity index (χ0) is 17.5. The van der Waals surface area contributed by atoms with Crippen LogP contribution in [0.1, 0.15) is 27.2 Å². The van der Waals surface area contributed by atoms with Gasteiger partial charge >= 0.3 is 0 Å². The maximum absolute atomic E-state index is 4.46. The number of aryl methyl sites for hydroxylation is 2. The summed E-state index contributed by atoms with van der Waals surface area (Å²) in [5.41, 5.74) is 2.38. The minimum absolute atomic E-state index is 0. The van der Waals surface area contributed by atoms with Gasteiger partial charge < -0.3 is 15.5 Å². The highest BCUT2D eigenvalue weighted by molar-refractivity contribution is 14.0. The Labute approximate surface area is 172 Å². The summed E-state index contributed by atoms with van der Waals surface area (Å²) in [6, 6.07) is 10.8. The van der Waals surface area contributed by atoms with Crippen molar-refractivity contribution in [3.05, 3.63) is 51.5 Å². The molecule has 0 bridgehead atoms. The molecule has 0 aliphatic heterocycles. The molecular weight excluding hydrogens is 445 g/mol. The molecular formula is C18H28IN5S. The fraction of sp³-hybridized carbons (Fsp3) is 0.444. The van der Waals surface area contributed by atoms with Gasteiger partial charge in [-0.25, -0.2) is 4.98 Å². The fourth-order valence-corrected chi connectivity index (χ4v) is 3.47. The number of hydrogen-bond donors (Lipinski definition) is 2. The number of hydrogen-bond acceptors (Lipinski definition) is 4. The molecule has 1 heterocycles. The van der Waals surface area contributed by atoms with Crippen molar-refractivity contribution in [1.29, 1.82) is 0 Å². The third-order valence-electron chi connectivity index (χ3n) is 3.91. The first-order chi connectivity index (χ1) is 11.5. The molecule has 1 unspecified atom stereocenters. The smallest absolute Gasteiger partial charge is 0.191 e. The second-order valence-electron chi connectivity index (χ2n) is 5.94. The van der Waals surface area contributed by atoms with Crippen LogP contribution in [0.25, 0.3) is 0 Å². The van der Waals surface area contributed by atoms with E-state index >= 15 is 0 Å². The minimum Gasteiger partial charge on any atom is -0.354 e. The van der Waals surface area contributed by atoms with Gasteiger partial charge in [0.05, 0.1) is 23.3 Å². The highest BCUT2D eigenvalue weighted by atomic mass is 127. The van der Waals surface area contributed by atoms with Crippen LogP contribution < -0.4 is 10.6 Å². The van der Waals surface area contributed by atoms with Crippen LogP contribution in [0, 0.1) is 13.8 Å². The summed E-state index contributed by atoms with van der Waals surface area (Å²) in [4.78, 5) is 12.3. The van der Waals surface area contributed by atoms with Gasteiger partial charge in [-0.15, -0.1) is 35.3 Å². The third kappa shape index (κ3) is 6.56. The van der Waals surface area contributed by atoms with Gasteiger partial charge in [0.15, 0.2) is 5.96 Å². The standard InChI is InChI=1S/C18H27N5S.HI/c1-13-17(24-14(2)22-13)12-21-18(19-3)20-11-16(23(4)5)15-9-7-6-8-10-15;/h6-10,16H,11-12H2,1-5H3,(H2,19,20,21);1H. The SMILES string of the molecule is CN=C(NCc1sc(C)nc1C)NCC(c1ccccc1)N(C)C.I. The van der Waals surface area contributed by atoms with Crippen molar-refractivity contribution in [3.8, 4) is 0 Å². The number of likely N-dealkylation sites (N-methyl/N-ethyl adjacent to an activating group) is 1. The Balaban J connectivity index is 0.00000312.